The van der Waals surface area contributed by atoms with Crippen molar-refractivity contribution >= 4 is 32.4 Å². The van der Waals surface area contributed by atoms with E-state index in [1.54, 1.807) is 11.3 Å². The van der Waals surface area contributed by atoms with Crippen molar-refractivity contribution in [2.75, 3.05) is 11.9 Å². The number of rotatable bonds is 4. The molecule has 14 heavy (non-hydrogen) atoms. The molecule has 0 aromatic carbocycles. The molecule has 0 aliphatic rings. The van der Waals surface area contributed by atoms with Gasteiger partial charge in [0, 0.05) is 11.9 Å². The van der Waals surface area contributed by atoms with Gasteiger partial charge in [-0.05, 0) is 21.1 Å². The number of nitrogens with zero attached hydrogens (tertiary/aromatic N) is 5. The zero-order valence-corrected chi connectivity index (χ0v) is 9.49. The Balaban J connectivity index is 1.78. The number of nitrogens with one attached hydrogen (secondary N) is 1. The average molecular weight is 275 g/mol. The van der Waals surface area contributed by atoms with E-state index < -0.39 is 0 Å². The van der Waals surface area contributed by atoms with Gasteiger partial charge in [0.2, 0.25) is 0 Å². The Morgan fingerprint density at radius 2 is 2.50 bits per heavy atom. The lowest BCUT2D eigenvalue weighted by molar-refractivity contribution is 0.538. The number of aromatic nitrogens is 5. The summed E-state index contributed by atoms with van der Waals surface area (Å²) in [6.07, 6.45) is 1.42. The molecule has 0 saturated heterocycles. The maximum atomic E-state index is 4.19. The molecule has 1 N–H and O–H groups in total. The molecule has 2 heterocycles. The summed E-state index contributed by atoms with van der Waals surface area (Å²) < 4.78 is 0.851. The summed E-state index contributed by atoms with van der Waals surface area (Å²) in [5.74, 6) is 0. The Bertz CT molecular complexity index is 385. The molecule has 6 nitrogen and oxygen atoms in total. The highest BCUT2D eigenvalue weighted by molar-refractivity contribution is 9.10. The van der Waals surface area contributed by atoms with Crippen LogP contribution in [0.4, 0.5) is 5.13 Å². The summed E-state index contributed by atoms with van der Waals surface area (Å²) >= 11 is 4.83. The van der Waals surface area contributed by atoms with Crippen LogP contribution in [0.3, 0.4) is 0 Å². The van der Waals surface area contributed by atoms with Crippen molar-refractivity contribution < 1.29 is 0 Å². The third kappa shape index (κ3) is 2.48. The van der Waals surface area contributed by atoms with Crippen molar-refractivity contribution in [2.45, 2.75) is 6.54 Å². The van der Waals surface area contributed by atoms with Gasteiger partial charge in [-0.3, -0.25) is 0 Å². The maximum absolute atomic E-state index is 4.19. The number of hydrogen-bond acceptors (Lipinski definition) is 6. The molecular formula is C6H7BrN6S. The molecule has 0 unspecified atom stereocenters. The zero-order valence-electron chi connectivity index (χ0n) is 7.09. The third-order valence-electron chi connectivity index (χ3n) is 1.46. The molecule has 0 saturated carbocycles. The Hall–Kier alpha value is -1.02. The van der Waals surface area contributed by atoms with Gasteiger partial charge in [-0.2, -0.15) is 4.80 Å². The van der Waals surface area contributed by atoms with Gasteiger partial charge in [0.1, 0.15) is 4.60 Å². The topological polar surface area (TPSA) is 68.5 Å². The molecular weight excluding hydrogens is 268 g/mol. The molecule has 0 fully saturated rings. The van der Waals surface area contributed by atoms with Crippen LogP contribution in [0, 0.1) is 0 Å². The number of tetrazole rings is 1. The largest absolute Gasteiger partial charge is 0.360 e. The first kappa shape index (κ1) is 9.53. The van der Waals surface area contributed by atoms with E-state index in [-0.39, 0.29) is 0 Å². The van der Waals surface area contributed by atoms with Gasteiger partial charge in [0.25, 0.3) is 0 Å². The molecule has 0 spiro atoms. The van der Waals surface area contributed by atoms with Crippen LogP contribution in [0.2, 0.25) is 0 Å². The van der Waals surface area contributed by atoms with E-state index in [9.17, 15) is 0 Å². The molecule has 2 rings (SSSR count). The fraction of sp³-hybridized carbons (Fsp3) is 0.333. The lowest BCUT2D eigenvalue weighted by atomic mass is 10.6. The second kappa shape index (κ2) is 4.47. The van der Waals surface area contributed by atoms with Crippen molar-refractivity contribution in [3.8, 4) is 0 Å². The Morgan fingerprint density at radius 1 is 1.57 bits per heavy atom. The van der Waals surface area contributed by atoms with Gasteiger partial charge in [0.05, 0.1) is 6.54 Å². The molecule has 74 valence electrons. The Morgan fingerprint density at radius 3 is 3.14 bits per heavy atom. The van der Waals surface area contributed by atoms with Crippen molar-refractivity contribution in [1.82, 2.24) is 25.2 Å². The summed E-state index contributed by atoms with van der Waals surface area (Å²) in [7, 11) is 0. The lowest BCUT2D eigenvalue weighted by Gasteiger charge is -1.99. The van der Waals surface area contributed by atoms with Gasteiger partial charge in [0.15, 0.2) is 11.5 Å². The smallest absolute Gasteiger partial charge is 0.183 e. The molecule has 8 heteroatoms. The molecule has 0 bridgehead atoms. The maximum Gasteiger partial charge on any atom is 0.183 e. The van der Waals surface area contributed by atoms with Crippen LogP contribution in [0.1, 0.15) is 0 Å². The summed E-state index contributed by atoms with van der Waals surface area (Å²) in [6, 6.07) is 0. The lowest BCUT2D eigenvalue weighted by Crippen LogP contribution is -2.12. The van der Waals surface area contributed by atoms with Crippen LogP contribution in [-0.4, -0.2) is 31.7 Å². The number of halogens is 1. The van der Waals surface area contributed by atoms with Crippen LogP contribution in [-0.2, 0) is 6.54 Å². The molecule has 0 aliphatic heterocycles. The second-order valence-corrected chi connectivity index (χ2v) is 4.10. The van der Waals surface area contributed by atoms with Crippen molar-refractivity contribution in [2.24, 2.45) is 0 Å². The normalized spacial score (nSPS) is 10.4. The quantitative estimate of drug-likeness (QED) is 0.901. The first-order valence-corrected chi connectivity index (χ1v) is 5.57. The van der Waals surface area contributed by atoms with Crippen molar-refractivity contribution in [3.63, 3.8) is 0 Å². The Kier molecular flexibility index (Phi) is 3.04. The van der Waals surface area contributed by atoms with Crippen molar-refractivity contribution in [1.29, 1.82) is 0 Å². The molecule has 0 atom stereocenters. The van der Waals surface area contributed by atoms with Crippen LogP contribution < -0.4 is 5.32 Å². The SMILES string of the molecule is Brc1csc(NCCn2ncnn2)n1. The fourth-order valence-corrected chi connectivity index (χ4v) is 2.06. The van der Waals surface area contributed by atoms with Crippen LogP contribution in [0.25, 0.3) is 0 Å². The van der Waals surface area contributed by atoms with E-state index in [1.807, 2.05) is 5.38 Å². The molecule has 2 aromatic heterocycles. The Labute approximate surface area is 92.5 Å². The van der Waals surface area contributed by atoms with Crippen molar-refractivity contribution in [3.05, 3.63) is 16.3 Å². The monoisotopic (exact) mass is 274 g/mol. The summed E-state index contributed by atoms with van der Waals surface area (Å²) in [5, 5.41) is 17.2. The highest BCUT2D eigenvalue weighted by Crippen LogP contribution is 2.18. The van der Waals surface area contributed by atoms with Crippen LogP contribution >= 0.6 is 27.3 Å². The van der Waals surface area contributed by atoms with E-state index in [0.29, 0.717) is 6.54 Å². The zero-order chi connectivity index (χ0) is 9.80. The molecule has 0 radical (unpaired) electrons. The molecule has 0 aliphatic carbocycles. The van der Waals surface area contributed by atoms with Gasteiger partial charge in [-0.25, -0.2) is 4.98 Å². The standard InChI is InChI=1S/C6H7BrN6S/c7-5-3-14-6(11-5)8-1-2-13-10-4-9-12-13/h3-4H,1-2H2,(H,8,11). The summed E-state index contributed by atoms with van der Waals surface area (Å²) in [4.78, 5) is 5.71. The van der Waals surface area contributed by atoms with E-state index in [2.05, 4.69) is 41.6 Å². The van der Waals surface area contributed by atoms with E-state index in [1.165, 1.54) is 11.1 Å². The summed E-state index contributed by atoms with van der Waals surface area (Å²) in [6.45, 7) is 1.41. The predicted molar refractivity (Wildman–Crippen MR) is 56.1 cm³/mol. The van der Waals surface area contributed by atoms with Gasteiger partial charge in [-0.1, -0.05) is 0 Å². The predicted octanol–water partition coefficient (Wildman–Crippen LogP) is 1.00. The van der Waals surface area contributed by atoms with Gasteiger partial charge >= 0.3 is 0 Å². The number of hydrogen-bond donors (Lipinski definition) is 1. The van der Waals surface area contributed by atoms with Gasteiger partial charge in [-0.15, -0.1) is 21.5 Å². The molecule has 0 amide bonds. The minimum Gasteiger partial charge on any atom is -0.360 e. The van der Waals surface area contributed by atoms with Crippen LogP contribution in [0.15, 0.2) is 16.3 Å². The van der Waals surface area contributed by atoms with E-state index >= 15 is 0 Å². The highest BCUT2D eigenvalue weighted by atomic mass is 79.9. The molecule has 2 aromatic rings. The first-order valence-electron chi connectivity index (χ1n) is 3.90. The first-order chi connectivity index (χ1) is 6.84. The van der Waals surface area contributed by atoms with E-state index in [0.717, 1.165) is 16.3 Å². The van der Waals surface area contributed by atoms with Gasteiger partial charge < -0.3 is 5.32 Å². The number of anilines is 1. The fourth-order valence-electron chi connectivity index (χ4n) is 0.889. The average Bonchev–Trinajstić information content (AvgIpc) is 2.77. The highest BCUT2D eigenvalue weighted by Gasteiger charge is 1.98. The summed E-state index contributed by atoms with van der Waals surface area (Å²) in [5.41, 5.74) is 0. The number of thiazole rings is 1. The minimum absolute atomic E-state index is 0.678. The van der Waals surface area contributed by atoms with Crippen LogP contribution in [0.5, 0.6) is 0 Å². The minimum atomic E-state index is 0.678. The third-order valence-corrected chi connectivity index (χ3v) is 2.96. The second-order valence-electron chi connectivity index (χ2n) is 2.43. The van der Waals surface area contributed by atoms with E-state index in [4.69, 9.17) is 0 Å².